The predicted molar refractivity (Wildman–Crippen MR) is 117 cm³/mol. The van der Waals surface area contributed by atoms with E-state index in [-0.39, 0.29) is 12.5 Å². The van der Waals surface area contributed by atoms with Crippen molar-refractivity contribution in [2.75, 3.05) is 19.5 Å². The summed E-state index contributed by atoms with van der Waals surface area (Å²) in [5, 5.41) is 7.72. The quantitative estimate of drug-likeness (QED) is 0.286. The lowest BCUT2D eigenvalue weighted by Gasteiger charge is -2.22. The van der Waals surface area contributed by atoms with E-state index in [1.165, 1.54) is 7.11 Å². The Morgan fingerprint density at radius 1 is 0.935 bits per heavy atom. The van der Waals surface area contributed by atoms with E-state index < -0.39 is 29.4 Å². The number of aliphatic imine (C=N–C) groups is 1. The summed E-state index contributed by atoms with van der Waals surface area (Å²) in [5.74, 6) is -0.657. The van der Waals surface area contributed by atoms with Gasteiger partial charge in [0.2, 0.25) is 5.96 Å². The summed E-state index contributed by atoms with van der Waals surface area (Å²) >= 11 is 0. The van der Waals surface area contributed by atoms with Gasteiger partial charge in [-0.05, 0) is 59.2 Å². The van der Waals surface area contributed by atoms with Crippen LogP contribution in [0.15, 0.2) is 23.2 Å². The second kappa shape index (κ2) is 10.6. The third kappa shape index (κ3) is 9.83. The second-order valence-electron chi connectivity index (χ2n) is 8.54. The van der Waals surface area contributed by atoms with Crippen LogP contribution in [0.4, 0.5) is 15.3 Å². The molecule has 1 rings (SSSR count). The maximum absolute atomic E-state index is 12.1. The van der Waals surface area contributed by atoms with Gasteiger partial charge in [0.25, 0.3) is 0 Å². The summed E-state index contributed by atoms with van der Waals surface area (Å²) in [5.41, 5.74) is 0.103. The number of carbonyl (C=O) groups excluding carboxylic acids is 3. The number of esters is 1. The van der Waals surface area contributed by atoms with Crippen molar-refractivity contribution in [2.45, 2.75) is 59.3 Å². The second-order valence-corrected chi connectivity index (χ2v) is 8.54. The maximum atomic E-state index is 12.1. The summed E-state index contributed by atoms with van der Waals surface area (Å²) < 4.78 is 15.2. The number of nitrogens with zero attached hydrogens (tertiary/aromatic N) is 1. The Labute approximate surface area is 182 Å². The summed E-state index contributed by atoms with van der Waals surface area (Å²) in [6.07, 6.45) is -1.58. The van der Waals surface area contributed by atoms with Gasteiger partial charge in [0.15, 0.2) is 0 Å². The Morgan fingerprint density at radius 3 is 1.87 bits per heavy atom. The Kier molecular flexibility index (Phi) is 8.84. The van der Waals surface area contributed by atoms with E-state index in [2.05, 4.69) is 20.9 Å². The number of benzene rings is 1. The highest BCUT2D eigenvalue weighted by Crippen LogP contribution is 2.19. The van der Waals surface area contributed by atoms with E-state index in [1.807, 2.05) is 0 Å². The average molecular weight is 437 g/mol. The number of guanidine groups is 1. The van der Waals surface area contributed by atoms with E-state index in [9.17, 15) is 14.4 Å². The zero-order chi connectivity index (χ0) is 23.8. The van der Waals surface area contributed by atoms with Crippen LogP contribution in [0.25, 0.3) is 0 Å². The third-order valence-corrected chi connectivity index (χ3v) is 3.42. The van der Waals surface area contributed by atoms with Gasteiger partial charge >= 0.3 is 18.2 Å². The Hall–Kier alpha value is -3.30. The van der Waals surface area contributed by atoms with Gasteiger partial charge in [-0.25, -0.2) is 19.4 Å². The van der Waals surface area contributed by atoms with Crippen LogP contribution in [0.5, 0.6) is 0 Å². The highest BCUT2D eigenvalue weighted by molar-refractivity contribution is 6.01. The SMILES string of the molecule is CNc1ccc(CN=C(NC(=O)OC(C)(C)C)NC(=O)OC(C)(C)C)cc1C(=O)OC. The lowest BCUT2D eigenvalue weighted by Crippen LogP contribution is -2.47. The number of alkyl carbamates (subject to hydrolysis) is 2. The lowest BCUT2D eigenvalue weighted by molar-refractivity contribution is 0.0541. The van der Waals surface area contributed by atoms with Crippen molar-refractivity contribution in [1.29, 1.82) is 0 Å². The zero-order valence-electron chi connectivity index (χ0n) is 19.3. The van der Waals surface area contributed by atoms with Crippen molar-refractivity contribution in [3.8, 4) is 0 Å². The molecule has 1 aromatic rings. The Morgan fingerprint density at radius 2 is 1.45 bits per heavy atom. The predicted octanol–water partition coefficient (Wildman–Crippen LogP) is 3.42. The van der Waals surface area contributed by atoms with Gasteiger partial charge in [-0.15, -0.1) is 0 Å². The molecule has 0 saturated heterocycles. The van der Waals surface area contributed by atoms with Crippen molar-refractivity contribution < 1.29 is 28.6 Å². The molecular formula is C21H32N4O6. The normalized spacial score (nSPS) is 11.1. The Balaban J connectivity index is 3.10. The van der Waals surface area contributed by atoms with Gasteiger partial charge in [0.05, 0.1) is 19.2 Å². The van der Waals surface area contributed by atoms with E-state index >= 15 is 0 Å². The van der Waals surface area contributed by atoms with Crippen LogP contribution < -0.4 is 16.0 Å². The number of nitrogens with one attached hydrogen (secondary N) is 3. The van der Waals surface area contributed by atoms with Crippen LogP contribution in [-0.4, -0.2) is 49.5 Å². The molecule has 172 valence electrons. The van der Waals surface area contributed by atoms with E-state index in [0.717, 1.165) is 0 Å². The van der Waals surface area contributed by atoms with Gasteiger partial charge in [-0.1, -0.05) is 6.07 Å². The van der Waals surface area contributed by atoms with Crippen LogP contribution in [0.1, 0.15) is 57.5 Å². The molecule has 1 aromatic carbocycles. The Bertz CT molecular complexity index is 805. The number of hydrogen-bond donors (Lipinski definition) is 3. The fraction of sp³-hybridized carbons (Fsp3) is 0.524. The van der Waals surface area contributed by atoms with Crippen LogP contribution in [-0.2, 0) is 20.8 Å². The molecule has 0 atom stereocenters. The summed E-state index contributed by atoms with van der Waals surface area (Å²) in [6.45, 7) is 10.3. The monoisotopic (exact) mass is 436 g/mol. The number of rotatable bonds is 4. The first kappa shape index (κ1) is 25.7. The molecule has 0 spiro atoms. The van der Waals surface area contributed by atoms with Gasteiger partial charge in [-0.2, -0.15) is 0 Å². The number of carbonyl (C=O) groups is 3. The first-order valence-electron chi connectivity index (χ1n) is 9.67. The summed E-state index contributed by atoms with van der Waals surface area (Å²) in [7, 11) is 2.98. The molecule has 10 heteroatoms. The molecule has 0 saturated carbocycles. The standard InChI is InChI=1S/C21H32N4O6/c1-20(2,3)30-18(27)24-17(25-19(28)31-21(4,5)6)23-12-13-9-10-15(22-7)14(11-13)16(26)29-8/h9-11,22H,12H2,1-8H3,(H2,23,24,25,27,28). The molecule has 0 aliphatic rings. The van der Waals surface area contributed by atoms with Crippen LogP contribution in [0.2, 0.25) is 0 Å². The minimum Gasteiger partial charge on any atom is -0.465 e. The minimum atomic E-state index is -0.789. The van der Waals surface area contributed by atoms with E-state index in [0.29, 0.717) is 16.8 Å². The van der Waals surface area contributed by atoms with Crippen molar-refractivity contribution in [2.24, 2.45) is 4.99 Å². The molecule has 2 amide bonds. The first-order chi connectivity index (χ1) is 14.2. The van der Waals surface area contributed by atoms with Gasteiger partial charge in [0, 0.05) is 12.7 Å². The van der Waals surface area contributed by atoms with Crippen molar-refractivity contribution >= 4 is 29.8 Å². The number of anilines is 1. The molecular weight excluding hydrogens is 404 g/mol. The third-order valence-electron chi connectivity index (χ3n) is 3.42. The fourth-order valence-corrected chi connectivity index (χ4v) is 2.27. The molecule has 10 nitrogen and oxygen atoms in total. The molecule has 31 heavy (non-hydrogen) atoms. The molecule has 3 N–H and O–H groups in total. The van der Waals surface area contributed by atoms with Crippen molar-refractivity contribution in [3.63, 3.8) is 0 Å². The molecule has 0 bridgehead atoms. The fourth-order valence-electron chi connectivity index (χ4n) is 2.27. The maximum Gasteiger partial charge on any atom is 0.414 e. The smallest absolute Gasteiger partial charge is 0.414 e. The van der Waals surface area contributed by atoms with Crippen molar-refractivity contribution in [3.05, 3.63) is 29.3 Å². The van der Waals surface area contributed by atoms with Crippen LogP contribution in [0.3, 0.4) is 0 Å². The molecule has 0 aliphatic carbocycles. The highest BCUT2D eigenvalue weighted by Gasteiger charge is 2.21. The molecule has 0 fully saturated rings. The van der Waals surface area contributed by atoms with Gasteiger partial charge in [0.1, 0.15) is 11.2 Å². The zero-order valence-corrected chi connectivity index (χ0v) is 19.3. The first-order valence-corrected chi connectivity index (χ1v) is 9.67. The number of hydrogen-bond acceptors (Lipinski definition) is 8. The summed E-state index contributed by atoms with van der Waals surface area (Å²) in [6, 6.07) is 5.07. The average Bonchev–Trinajstić information content (AvgIpc) is 2.62. The lowest BCUT2D eigenvalue weighted by atomic mass is 10.1. The van der Waals surface area contributed by atoms with Crippen molar-refractivity contribution in [1.82, 2.24) is 10.6 Å². The van der Waals surface area contributed by atoms with E-state index in [4.69, 9.17) is 14.2 Å². The summed E-state index contributed by atoms with van der Waals surface area (Å²) in [4.78, 5) is 40.5. The van der Waals surface area contributed by atoms with Gasteiger partial charge < -0.3 is 19.5 Å². The number of ether oxygens (including phenoxy) is 3. The van der Waals surface area contributed by atoms with Crippen LogP contribution >= 0.6 is 0 Å². The molecule has 0 aliphatic heterocycles. The highest BCUT2D eigenvalue weighted by atomic mass is 16.6. The molecule has 0 heterocycles. The number of amides is 2. The largest absolute Gasteiger partial charge is 0.465 e. The van der Waals surface area contributed by atoms with E-state index in [1.54, 1.807) is 66.8 Å². The molecule has 0 radical (unpaired) electrons. The molecule has 0 aromatic heterocycles. The minimum absolute atomic E-state index is 0.0505. The number of methoxy groups -OCH3 is 1. The topological polar surface area (TPSA) is 127 Å². The van der Waals surface area contributed by atoms with Crippen LogP contribution in [0, 0.1) is 0 Å². The van der Waals surface area contributed by atoms with Gasteiger partial charge in [-0.3, -0.25) is 10.6 Å². The molecule has 0 unspecified atom stereocenters.